The predicted molar refractivity (Wildman–Crippen MR) is 99.7 cm³/mol. The first-order valence-corrected chi connectivity index (χ1v) is 9.26. The highest BCUT2D eigenvalue weighted by Gasteiger charge is 2.22. The number of nitrogens with zero attached hydrogens (tertiary/aromatic N) is 2. The van der Waals surface area contributed by atoms with Crippen molar-refractivity contribution in [2.45, 2.75) is 11.8 Å². The van der Waals surface area contributed by atoms with Gasteiger partial charge in [0.15, 0.2) is 0 Å². The van der Waals surface area contributed by atoms with Crippen LogP contribution in [0.25, 0.3) is 0 Å². The number of hydrogen-bond donors (Lipinski definition) is 1. The first-order valence-electron chi connectivity index (χ1n) is 7.82. The number of hydrogen-bond acceptors (Lipinski definition) is 5. The van der Waals surface area contributed by atoms with Gasteiger partial charge in [-0.1, -0.05) is 29.8 Å². The molecule has 138 valence electrons. The van der Waals surface area contributed by atoms with Crippen molar-refractivity contribution in [1.82, 2.24) is 9.73 Å². The van der Waals surface area contributed by atoms with Crippen LogP contribution in [0.2, 0.25) is 0 Å². The number of carbonyl (C=O) groups is 1. The maximum atomic E-state index is 12.4. The molecular weight excluding hydrogens is 354 g/mol. The number of carbonyl (C=O) groups excluding carboxylic acids is 1. The second kappa shape index (κ2) is 8.59. The van der Waals surface area contributed by atoms with Crippen LogP contribution in [0.3, 0.4) is 0 Å². The van der Waals surface area contributed by atoms with Crippen LogP contribution in [0.4, 0.5) is 0 Å². The molecule has 0 saturated heterocycles. The summed E-state index contributed by atoms with van der Waals surface area (Å²) in [4.78, 5) is 12.1. The van der Waals surface area contributed by atoms with Crippen molar-refractivity contribution < 1.29 is 17.9 Å². The minimum Gasteiger partial charge on any atom is -0.497 e. The summed E-state index contributed by atoms with van der Waals surface area (Å²) in [5.74, 6) is 0.131. The molecule has 0 aliphatic rings. The molecule has 1 N–H and O–H groups in total. The highest BCUT2D eigenvalue weighted by atomic mass is 32.2. The Balaban J connectivity index is 1.96. The van der Waals surface area contributed by atoms with Crippen LogP contribution < -0.4 is 10.2 Å². The lowest BCUT2D eigenvalue weighted by molar-refractivity contribution is -0.121. The molecule has 26 heavy (non-hydrogen) atoms. The fourth-order valence-electron chi connectivity index (χ4n) is 2.11. The number of amides is 1. The van der Waals surface area contributed by atoms with E-state index in [1.807, 2.05) is 6.92 Å². The van der Waals surface area contributed by atoms with E-state index in [2.05, 4.69) is 10.5 Å². The van der Waals surface area contributed by atoms with Gasteiger partial charge < -0.3 is 4.74 Å². The summed E-state index contributed by atoms with van der Waals surface area (Å²) in [6, 6.07) is 13.6. The molecule has 0 heterocycles. The molecule has 0 aromatic heterocycles. The van der Waals surface area contributed by atoms with E-state index in [1.54, 1.807) is 43.5 Å². The molecule has 2 aromatic carbocycles. The Labute approximate surface area is 153 Å². The zero-order valence-electron chi connectivity index (χ0n) is 14.8. The Bertz CT molecular complexity index is 893. The van der Waals surface area contributed by atoms with E-state index >= 15 is 0 Å². The molecule has 0 atom stereocenters. The smallest absolute Gasteiger partial charge is 0.255 e. The van der Waals surface area contributed by atoms with Crippen molar-refractivity contribution in [2.75, 3.05) is 20.7 Å². The van der Waals surface area contributed by atoms with Crippen molar-refractivity contribution in [3.05, 3.63) is 59.7 Å². The van der Waals surface area contributed by atoms with Gasteiger partial charge in [-0.3, -0.25) is 4.79 Å². The number of methoxy groups -OCH3 is 1. The number of rotatable bonds is 7. The lowest BCUT2D eigenvalue weighted by Gasteiger charge is -2.16. The van der Waals surface area contributed by atoms with Gasteiger partial charge in [-0.05, 0) is 36.8 Å². The topological polar surface area (TPSA) is 88.1 Å². The summed E-state index contributed by atoms with van der Waals surface area (Å²) < 4.78 is 31.0. The van der Waals surface area contributed by atoms with Crippen LogP contribution in [0.15, 0.2) is 58.5 Å². The second-order valence-corrected chi connectivity index (χ2v) is 7.69. The fourth-order valence-corrected chi connectivity index (χ4v) is 3.24. The molecule has 8 heteroatoms. The van der Waals surface area contributed by atoms with Gasteiger partial charge in [0.1, 0.15) is 5.75 Å². The zero-order valence-corrected chi connectivity index (χ0v) is 15.7. The largest absolute Gasteiger partial charge is 0.497 e. The Kier molecular flexibility index (Phi) is 6.48. The van der Waals surface area contributed by atoms with Crippen molar-refractivity contribution in [3.8, 4) is 5.75 Å². The Morgan fingerprint density at radius 2 is 1.92 bits per heavy atom. The summed E-state index contributed by atoms with van der Waals surface area (Å²) in [6.45, 7) is 1.53. The number of hydrazone groups is 1. The van der Waals surface area contributed by atoms with Gasteiger partial charge in [0.2, 0.25) is 10.0 Å². The third-order valence-electron chi connectivity index (χ3n) is 3.59. The summed E-state index contributed by atoms with van der Waals surface area (Å²) >= 11 is 0. The molecule has 0 saturated carbocycles. The highest BCUT2D eigenvalue weighted by molar-refractivity contribution is 7.89. The van der Waals surface area contributed by atoms with Gasteiger partial charge in [0, 0.05) is 7.05 Å². The summed E-state index contributed by atoms with van der Waals surface area (Å²) in [6.07, 6.45) is 1.45. The van der Waals surface area contributed by atoms with Crippen LogP contribution in [-0.2, 0) is 14.8 Å². The average Bonchev–Trinajstić information content (AvgIpc) is 2.62. The molecule has 7 nitrogen and oxygen atoms in total. The zero-order chi connectivity index (χ0) is 19.2. The van der Waals surface area contributed by atoms with E-state index in [1.165, 1.54) is 25.4 Å². The molecule has 0 spiro atoms. The Morgan fingerprint density at radius 1 is 1.23 bits per heavy atom. The summed E-state index contributed by atoms with van der Waals surface area (Å²) in [5, 5.41) is 3.83. The molecular formula is C18H21N3O4S. The molecule has 0 fully saturated rings. The van der Waals surface area contributed by atoms with Crippen molar-refractivity contribution >= 4 is 22.1 Å². The highest BCUT2D eigenvalue weighted by Crippen LogP contribution is 2.14. The van der Waals surface area contributed by atoms with Crippen molar-refractivity contribution in [1.29, 1.82) is 0 Å². The number of ether oxygens (including phenoxy) is 1. The standard InChI is InChI=1S/C18H21N3O4S/c1-14-7-9-17(10-8-14)26(23,24)21(2)13-18(22)20-19-12-15-5-4-6-16(11-15)25-3/h4-12H,13H2,1-3H3,(H,20,22)/b19-12+. The molecule has 0 unspecified atom stereocenters. The van der Waals surface area contributed by atoms with Crippen LogP contribution >= 0.6 is 0 Å². The quantitative estimate of drug-likeness (QED) is 0.590. The summed E-state index contributed by atoms with van der Waals surface area (Å²) in [7, 11) is -0.827. The minimum absolute atomic E-state index is 0.137. The van der Waals surface area contributed by atoms with Gasteiger partial charge in [-0.2, -0.15) is 9.41 Å². The van der Waals surface area contributed by atoms with Gasteiger partial charge in [-0.25, -0.2) is 13.8 Å². The van der Waals surface area contributed by atoms with Crippen LogP contribution in [0.5, 0.6) is 5.75 Å². The van der Waals surface area contributed by atoms with E-state index < -0.39 is 15.9 Å². The molecule has 0 aliphatic carbocycles. The number of sulfonamides is 1. The molecule has 0 radical (unpaired) electrons. The predicted octanol–water partition coefficient (Wildman–Crippen LogP) is 1.77. The van der Waals surface area contributed by atoms with Gasteiger partial charge in [0.05, 0.1) is 24.8 Å². The van der Waals surface area contributed by atoms with Gasteiger partial charge in [0.25, 0.3) is 5.91 Å². The van der Waals surface area contributed by atoms with Crippen molar-refractivity contribution in [2.24, 2.45) is 5.10 Å². The van der Waals surface area contributed by atoms with E-state index in [4.69, 9.17) is 4.74 Å². The maximum absolute atomic E-state index is 12.4. The summed E-state index contributed by atoms with van der Waals surface area (Å²) in [5.41, 5.74) is 4.01. The molecule has 1 amide bonds. The SMILES string of the molecule is COc1cccc(/C=N/NC(=O)CN(C)S(=O)(=O)c2ccc(C)cc2)c1. The first kappa shape index (κ1) is 19.6. The van der Waals surface area contributed by atoms with E-state index in [0.29, 0.717) is 5.75 Å². The van der Waals surface area contributed by atoms with Crippen LogP contribution in [0, 0.1) is 6.92 Å². The van der Waals surface area contributed by atoms with Crippen LogP contribution in [-0.4, -0.2) is 45.5 Å². The lowest BCUT2D eigenvalue weighted by Crippen LogP contribution is -2.36. The first-order chi connectivity index (χ1) is 12.3. The third kappa shape index (κ3) is 5.14. The molecule has 0 bridgehead atoms. The molecule has 0 aliphatic heterocycles. The number of aryl methyl sites for hydroxylation is 1. The maximum Gasteiger partial charge on any atom is 0.255 e. The third-order valence-corrected chi connectivity index (χ3v) is 5.41. The Morgan fingerprint density at radius 3 is 2.58 bits per heavy atom. The average molecular weight is 375 g/mol. The van der Waals surface area contributed by atoms with Gasteiger partial charge in [-0.15, -0.1) is 0 Å². The molecule has 2 rings (SSSR count). The number of likely N-dealkylation sites (N-methyl/N-ethyl adjacent to an activating group) is 1. The second-order valence-electron chi connectivity index (χ2n) is 5.64. The van der Waals surface area contributed by atoms with E-state index in [-0.39, 0.29) is 11.4 Å². The number of benzene rings is 2. The van der Waals surface area contributed by atoms with Gasteiger partial charge >= 0.3 is 0 Å². The van der Waals surface area contributed by atoms with E-state index in [9.17, 15) is 13.2 Å². The molecule has 2 aromatic rings. The van der Waals surface area contributed by atoms with Crippen molar-refractivity contribution in [3.63, 3.8) is 0 Å². The monoisotopic (exact) mass is 375 g/mol. The Hall–Kier alpha value is -2.71. The number of nitrogens with one attached hydrogen (secondary N) is 1. The van der Waals surface area contributed by atoms with Crippen LogP contribution in [0.1, 0.15) is 11.1 Å². The minimum atomic E-state index is -3.73. The normalized spacial score (nSPS) is 11.7. The lowest BCUT2D eigenvalue weighted by atomic mass is 10.2. The fraction of sp³-hybridized carbons (Fsp3) is 0.222. The van der Waals surface area contributed by atoms with E-state index in [0.717, 1.165) is 15.4 Å².